The summed E-state index contributed by atoms with van der Waals surface area (Å²) in [6, 6.07) is 9.19. The van der Waals surface area contributed by atoms with Crippen LogP contribution >= 0.6 is 11.8 Å². The average molecular weight is 204 g/mol. The van der Waals surface area contributed by atoms with Crippen molar-refractivity contribution in [1.29, 1.82) is 5.26 Å². The van der Waals surface area contributed by atoms with Crippen molar-refractivity contribution >= 4 is 17.4 Å². The molecule has 1 aliphatic rings. The van der Waals surface area contributed by atoms with E-state index >= 15 is 0 Å². The molecule has 0 fully saturated rings. The van der Waals surface area contributed by atoms with Gasteiger partial charge in [-0.15, -0.1) is 11.8 Å². The van der Waals surface area contributed by atoms with Crippen molar-refractivity contribution in [2.75, 3.05) is 10.8 Å². The quantitative estimate of drug-likeness (QED) is 0.763. The van der Waals surface area contributed by atoms with Crippen LogP contribution < -0.4 is 4.90 Å². The standard InChI is InChI=1S/C10H8N2OS/c11-5-8-1-3-9(4-2-8)12-7-14-6-10(12)13/h1-4,6,13H,7H2. The lowest BCUT2D eigenvalue weighted by molar-refractivity contribution is 0.400. The molecule has 0 saturated carbocycles. The van der Waals surface area contributed by atoms with Gasteiger partial charge in [0.05, 0.1) is 17.5 Å². The fourth-order valence-corrected chi connectivity index (χ4v) is 2.02. The minimum Gasteiger partial charge on any atom is -0.494 e. The van der Waals surface area contributed by atoms with E-state index in [0.717, 1.165) is 11.6 Å². The Balaban J connectivity index is 2.26. The maximum absolute atomic E-state index is 9.47. The molecule has 0 atom stereocenters. The van der Waals surface area contributed by atoms with Gasteiger partial charge in [0.15, 0.2) is 5.88 Å². The average Bonchev–Trinajstić information content (AvgIpc) is 2.65. The van der Waals surface area contributed by atoms with Crippen LogP contribution in [0.3, 0.4) is 0 Å². The van der Waals surface area contributed by atoms with Gasteiger partial charge in [-0.1, -0.05) is 0 Å². The Labute approximate surface area is 86.3 Å². The van der Waals surface area contributed by atoms with Crippen LogP contribution in [0.15, 0.2) is 35.6 Å². The summed E-state index contributed by atoms with van der Waals surface area (Å²) >= 11 is 1.54. The second kappa shape index (κ2) is 3.64. The van der Waals surface area contributed by atoms with Crippen LogP contribution in [0, 0.1) is 11.3 Å². The Bertz CT molecular complexity index is 405. The molecule has 14 heavy (non-hydrogen) atoms. The third-order valence-electron chi connectivity index (χ3n) is 1.98. The van der Waals surface area contributed by atoms with Crippen molar-refractivity contribution in [3.8, 4) is 6.07 Å². The van der Waals surface area contributed by atoms with E-state index in [2.05, 4.69) is 6.07 Å². The first-order valence-electron chi connectivity index (χ1n) is 4.10. The number of hydrogen-bond donors (Lipinski definition) is 1. The number of aliphatic hydroxyl groups excluding tert-OH is 1. The predicted molar refractivity (Wildman–Crippen MR) is 56.8 cm³/mol. The molecule has 0 unspecified atom stereocenters. The highest BCUT2D eigenvalue weighted by Gasteiger charge is 2.15. The van der Waals surface area contributed by atoms with Crippen LogP contribution in [0.4, 0.5) is 5.69 Å². The zero-order chi connectivity index (χ0) is 9.97. The topological polar surface area (TPSA) is 47.3 Å². The Morgan fingerprint density at radius 3 is 2.57 bits per heavy atom. The summed E-state index contributed by atoms with van der Waals surface area (Å²) in [6.07, 6.45) is 0. The van der Waals surface area contributed by atoms with Crippen LogP contribution in [0.5, 0.6) is 0 Å². The van der Waals surface area contributed by atoms with E-state index in [1.807, 2.05) is 12.1 Å². The summed E-state index contributed by atoms with van der Waals surface area (Å²) in [5.41, 5.74) is 1.53. The molecule has 1 aromatic rings. The lowest BCUT2D eigenvalue weighted by Gasteiger charge is -2.16. The Hall–Kier alpha value is -1.60. The molecule has 0 aliphatic carbocycles. The number of hydrogen-bond acceptors (Lipinski definition) is 4. The fraction of sp³-hybridized carbons (Fsp3) is 0.100. The van der Waals surface area contributed by atoms with Crippen molar-refractivity contribution in [1.82, 2.24) is 0 Å². The molecular formula is C10H8N2OS. The van der Waals surface area contributed by atoms with Crippen molar-refractivity contribution < 1.29 is 5.11 Å². The monoisotopic (exact) mass is 204 g/mol. The summed E-state index contributed by atoms with van der Waals surface area (Å²) < 4.78 is 0. The molecular weight excluding hydrogens is 196 g/mol. The fourth-order valence-electron chi connectivity index (χ4n) is 1.24. The van der Waals surface area contributed by atoms with Gasteiger partial charge in [0, 0.05) is 11.1 Å². The predicted octanol–water partition coefficient (Wildman–Crippen LogP) is 2.43. The van der Waals surface area contributed by atoms with Gasteiger partial charge in [-0.05, 0) is 24.3 Å². The van der Waals surface area contributed by atoms with E-state index in [-0.39, 0.29) is 5.88 Å². The SMILES string of the molecule is N#Cc1ccc(N2CSC=C2O)cc1. The van der Waals surface area contributed by atoms with Crippen LogP contribution in [0.25, 0.3) is 0 Å². The van der Waals surface area contributed by atoms with Gasteiger partial charge in [-0.25, -0.2) is 0 Å². The highest BCUT2D eigenvalue weighted by molar-refractivity contribution is 8.02. The molecule has 1 aliphatic heterocycles. The molecule has 0 spiro atoms. The molecule has 3 nitrogen and oxygen atoms in total. The first kappa shape index (κ1) is 8.97. The maximum atomic E-state index is 9.47. The molecule has 2 rings (SSSR count). The normalized spacial score (nSPS) is 15.1. The highest BCUT2D eigenvalue weighted by Crippen LogP contribution is 2.27. The highest BCUT2D eigenvalue weighted by atomic mass is 32.2. The number of nitriles is 1. The third-order valence-corrected chi connectivity index (χ3v) is 2.76. The minimum atomic E-state index is 0.264. The molecule has 0 saturated heterocycles. The largest absolute Gasteiger partial charge is 0.494 e. The number of aliphatic hydroxyl groups is 1. The van der Waals surface area contributed by atoms with Crippen LogP contribution in [-0.4, -0.2) is 11.0 Å². The number of anilines is 1. The Morgan fingerprint density at radius 1 is 1.36 bits per heavy atom. The van der Waals surface area contributed by atoms with Gasteiger partial charge in [0.2, 0.25) is 0 Å². The minimum absolute atomic E-state index is 0.264. The van der Waals surface area contributed by atoms with E-state index in [9.17, 15) is 5.11 Å². The van der Waals surface area contributed by atoms with Gasteiger partial charge in [-0.3, -0.25) is 0 Å². The van der Waals surface area contributed by atoms with E-state index in [1.165, 1.54) is 0 Å². The molecule has 0 radical (unpaired) electrons. The van der Waals surface area contributed by atoms with Gasteiger partial charge in [0.25, 0.3) is 0 Å². The van der Waals surface area contributed by atoms with Gasteiger partial charge < -0.3 is 10.0 Å². The second-order valence-corrected chi connectivity index (χ2v) is 3.69. The lowest BCUT2D eigenvalue weighted by Crippen LogP contribution is -2.16. The van der Waals surface area contributed by atoms with Crippen LogP contribution in [-0.2, 0) is 0 Å². The van der Waals surface area contributed by atoms with E-state index < -0.39 is 0 Å². The van der Waals surface area contributed by atoms with E-state index in [1.54, 1.807) is 34.2 Å². The molecule has 1 heterocycles. The van der Waals surface area contributed by atoms with Gasteiger partial charge in [-0.2, -0.15) is 5.26 Å². The molecule has 1 aromatic carbocycles. The second-order valence-electron chi connectivity index (χ2n) is 2.86. The summed E-state index contributed by atoms with van der Waals surface area (Å²) in [6.45, 7) is 0. The number of nitrogens with zero attached hydrogens (tertiary/aromatic N) is 2. The van der Waals surface area contributed by atoms with E-state index in [4.69, 9.17) is 5.26 Å². The van der Waals surface area contributed by atoms with Gasteiger partial charge >= 0.3 is 0 Å². The third kappa shape index (κ3) is 1.54. The smallest absolute Gasteiger partial charge is 0.198 e. The Morgan fingerprint density at radius 2 is 2.07 bits per heavy atom. The molecule has 0 aromatic heterocycles. The number of benzene rings is 1. The van der Waals surface area contributed by atoms with Crippen molar-refractivity contribution in [3.63, 3.8) is 0 Å². The maximum Gasteiger partial charge on any atom is 0.198 e. The van der Waals surface area contributed by atoms with Crippen molar-refractivity contribution in [2.24, 2.45) is 0 Å². The summed E-state index contributed by atoms with van der Waals surface area (Å²) in [4.78, 5) is 1.78. The lowest BCUT2D eigenvalue weighted by atomic mass is 10.2. The summed E-state index contributed by atoms with van der Waals surface area (Å²) in [5, 5.41) is 19.8. The number of rotatable bonds is 1. The number of thioether (sulfide) groups is 1. The summed E-state index contributed by atoms with van der Waals surface area (Å²) in [5.74, 6) is 0.984. The first-order chi connectivity index (χ1) is 6.81. The molecule has 4 heteroatoms. The first-order valence-corrected chi connectivity index (χ1v) is 5.14. The summed E-state index contributed by atoms with van der Waals surface area (Å²) in [7, 11) is 0. The van der Waals surface area contributed by atoms with Gasteiger partial charge in [0.1, 0.15) is 0 Å². The zero-order valence-electron chi connectivity index (χ0n) is 7.34. The van der Waals surface area contributed by atoms with Crippen molar-refractivity contribution in [3.05, 3.63) is 41.1 Å². The van der Waals surface area contributed by atoms with Crippen LogP contribution in [0.1, 0.15) is 5.56 Å². The van der Waals surface area contributed by atoms with Crippen molar-refractivity contribution in [2.45, 2.75) is 0 Å². The Kier molecular flexibility index (Phi) is 2.33. The molecule has 0 amide bonds. The molecule has 70 valence electrons. The zero-order valence-corrected chi connectivity index (χ0v) is 8.16. The van der Waals surface area contributed by atoms with E-state index in [0.29, 0.717) is 5.56 Å². The molecule has 1 N–H and O–H groups in total. The van der Waals surface area contributed by atoms with Crippen LogP contribution in [0.2, 0.25) is 0 Å². The molecule has 0 bridgehead atoms.